The number of methoxy groups -OCH3 is 1. The number of benzene rings is 1. The molecule has 0 saturated carbocycles. The smallest absolute Gasteiger partial charge is 0.328 e. The summed E-state index contributed by atoms with van der Waals surface area (Å²) in [6.07, 6.45) is 5.21. The van der Waals surface area contributed by atoms with Gasteiger partial charge in [0.2, 0.25) is 0 Å². The molecule has 1 unspecified atom stereocenters. The second-order valence-corrected chi connectivity index (χ2v) is 8.59. The fraction of sp³-hybridized carbons (Fsp3) is 0.619. The van der Waals surface area contributed by atoms with E-state index in [1.54, 1.807) is 11.8 Å². The predicted molar refractivity (Wildman–Crippen MR) is 129 cm³/mol. The van der Waals surface area contributed by atoms with E-state index in [0.29, 0.717) is 17.7 Å². The number of rotatable bonds is 12. The first-order valence-electron chi connectivity index (χ1n) is 9.70. The quantitative estimate of drug-likeness (QED) is 0.325. The zero-order valence-corrected chi connectivity index (χ0v) is 20.3. The number of thioether (sulfide) groups is 1. The maximum absolute atomic E-state index is 13.0. The Kier molecular flexibility index (Phi) is 14.5. The van der Waals surface area contributed by atoms with E-state index in [9.17, 15) is 9.59 Å². The van der Waals surface area contributed by atoms with E-state index in [0.717, 1.165) is 36.1 Å². The van der Waals surface area contributed by atoms with Crippen molar-refractivity contribution in [1.29, 1.82) is 0 Å². The number of amides is 1. The van der Waals surface area contributed by atoms with Gasteiger partial charge in [0.1, 0.15) is 6.04 Å². The molecule has 0 aliphatic heterocycles. The Labute approximate surface area is 191 Å². The number of esters is 1. The monoisotopic (exact) mass is 462 g/mol. The van der Waals surface area contributed by atoms with Gasteiger partial charge in [-0.25, -0.2) is 4.79 Å². The molecule has 0 aliphatic carbocycles. The third-order valence-electron chi connectivity index (χ3n) is 4.66. The van der Waals surface area contributed by atoms with Crippen molar-refractivity contribution < 1.29 is 14.3 Å². The number of carbonyl (C=O) groups excluding carboxylic acids is 2. The topological polar surface area (TPSA) is 81.4 Å². The molecule has 1 rings (SSSR count). The fourth-order valence-electron chi connectivity index (χ4n) is 2.98. The summed E-state index contributed by atoms with van der Waals surface area (Å²) in [4.78, 5) is 25.0. The molecule has 29 heavy (non-hydrogen) atoms. The van der Waals surface area contributed by atoms with Crippen molar-refractivity contribution in [2.75, 3.05) is 24.9 Å². The van der Waals surface area contributed by atoms with Gasteiger partial charge in [0.15, 0.2) is 0 Å². The summed E-state index contributed by atoms with van der Waals surface area (Å²) in [7, 11) is 1.34. The van der Waals surface area contributed by atoms with E-state index in [4.69, 9.17) is 10.5 Å². The van der Waals surface area contributed by atoms with E-state index in [1.165, 1.54) is 7.11 Å². The molecular weight excluding hydrogens is 428 g/mol. The number of aryl methyl sites for hydroxylation is 1. The van der Waals surface area contributed by atoms with Gasteiger partial charge in [-0.3, -0.25) is 4.79 Å². The standard InChI is InChI=1S/C21H34N2O3S2.ClH/c1-14(2)17-9-8-15(6-5-7-16(22)13-27)12-18(17)20(24)23-19(10-11-28-4)21(25)26-3;/h8-9,12,14,16,19,27H,5-7,10-11,13,22H2,1-4H3,(H,23,24);1H/t16?,19-;/m0./s1. The molecule has 0 radical (unpaired) electrons. The predicted octanol–water partition coefficient (Wildman–Crippen LogP) is 3.84. The zero-order valence-electron chi connectivity index (χ0n) is 17.8. The Morgan fingerprint density at radius 3 is 2.52 bits per heavy atom. The van der Waals surface area contributed by atoms with Crippen LogP contribution in [0.1, 0.15) is 60.5 Å². The number of carbonyl (C=O) groups is 2. The van der Waals surface area contributed by atoms with Crippen LogP contribution in [0.3, 0.4) is 0 Å². The number of nitrogens with two attached hydrogens (primary N) is 1. The highest BCUT2D eigenvalue weighted by Gasteiger charge is 2.23. The molecule has 166 valence electrons. The SMILES string of the molecule is COC(=O)[C@H](CCSC)NC(=O)c1cc(CCCC(N)CS)ccc1C(C)C.Cl. The first-order chi connectivity index (χ1) is 13.3. The molecule has 1 amide bonds. The summed E-state index contributed by atoms with van der Waals surface area (Å²) in [6.45, 7) is 4.12. The number of thiol groups is 1. The van der Waals surface area contributed by atoms with Crippen LogP contribution >= 0.6 is 36.8 Å². The Balaban J connectivity index is 0.00000784. The highest BCUT2D eigenvalue weighted by atomic mass is 35.5. The maximum atomic E-state index is 13.0. The highest BCUT2D eigenvalue weighted by molar-refractivity contribution is 7.98. The number of ether oxygens (including phenoxy) is 1. The van der Waals surface area contributed by atoms with Crippen molar-refractivity contribution in [2.45, 2.75) is 57.5 Å². The molecule has 0 bridgehead atoms. The molecule has 1 aromatic rings. The molecule has 2 atom stereocenters. The first kappa shape index (κ1) is 28.1. The third-order valence-corrected chi connectivity index (χ3v) is 5.77. The second kappa shape index (κ2) is 15.0. The Morgan fingerprint density at radius 1 is 1.28 bits per heavy atom. The average Bonchev–Trinajstić information content (AvgIpc) is 2.69. The number of hydrogen-bond donors (Lipinski definition) is 3. The molecular formula is C21H35ClN2O3S2. The van der Waals surface area contributed by atoms with Gasteiger partial charge in [-0.05, 0) is 60.8 Å². The van der Waals surface area contributed by atoms with E-state index in [1.807, 2.05) is 18.4 Å². The number of nitrogens with one attached hydrogen (secondary N) is 1. The molecule has 0 saturated heterocycles. The lowest BCUT2D eigenvalue weighted by Gasteiger charge is -2.19. The second-order valence-electron chi connectivity index (χ2n) is 7.24. The van der Waals surface area contributed by atoms with Crippen LogP contribution in [-0.2, 0) is 16.0 Å². The van der Waals surface area contributed by atoms with Gasteiger partial charge in [-0.2, -0.15) is 24.4 Å². The maximum Gasteiger partial charge on any atom is 0.328 e. The summed E-state index contributed by atoms with van der Waals surface area (Å²) in [5, 5.41) is 2.87. The molecule has 1 aromatic carbocycles. The van der Waals surface area contributed by atoms with E-state index >= 15 is 0 Å². The van der Waals surface area contributed by atoms with E-state index < -0.39 is 12.0 Å². The molecule has 0 spiro atoms. The molecule has 8 heteroatoms. The van der Waals surface area contributed by atoms with Gasteiger partial charge in [0.05, 0.1) is 7.11 Å². The molecule has 3 N–H and O–H groups in total. The van der Waals surface area contributed by atoms with Crippen LogP contribution in [0, 0.1) is 0 Å². The molecule has 0 aliphatic rings. The largest absolute Gasteiger partial charge is 0.467 e. The van der Waals surface area contributed by atoms with Gasteiger partial charge >= 0.3 is 5.97 Å². The van der Waals surface area contributed by atoms with Crippen LogP contribution in [0.4, 0.5) is 0 Å². The van der Waals surface area contributed by atoms with Crippen molar-refractivity contribution >= 4 is 48.7 Å². The van der Waals surface area contributed by atoms with E-state index in [2.05, 4.69) is 37.9 Å². The van der Waals surface area contributed by atoms with Crippen LogP contribution < -0.4 is 11.1 Å². The van der Waals surface area contributed by atoms with Crippen molar-refractivity contribution in [3.05, 3.63) is 34.9 Å². The van der Waals surface area contributed by atoms with Crippen molar-refractivity contribution in [1.82, 2.24) is 5.32 Å². The van der Waals surface area contributed by atoms with Crippen molar-refractivity contribution in [3.8, 4) is 0 Å². The zero-order chi connectivity index (χ0) is 21.1. The lowest BCUT2D eigenvalue weighted by molar-refractivity contribution is -0.142. The Hall–Kier alpha value is -0.890. The summed E-state index contributed by atoms with van der Waals surface area (Å²) in [5.41, 5.74) is 8.63. The van der Waals surface area contributed by atoms with Gasteiger partial charge in [0.25, 0.3) is 5.91 Å². The summed E-state index contributed by atoms with van der Waals surface area (Å²) >= 11 is 5.85. The lowest BCUT2D eigenvalue weighted by atomic mass is 9.93. The number of halogens is 1. The molecule has 5 nitrogen and oxygen atoms in total. The van der Waals surface area contributed by atoms with Crippen LogP contribution in [0.15, 0.2) is 18.2 Å². The van der Waals surface area contributed by atoms with E-state index in [-0.39, 0.29) is 30.3 Å². The Bertz CT molecular complexity index is 644. The Morgan fingerprint density at radius 2 is 1.97 bits per heavy atom. The molecule has 0 aromatic heterocycles. The fourth-order valence-corrected chi connectivity index (χ4v) is 3.64. The summed E-state index contributed by atoms with van der Waals surface area (Å²) < 4.78 is 4.85. The van der Waals surface area contributed by atoms with Crippen LogP contribution in [0.5, 0.6) is 0 Å². The molecule has 0 fully saturated rings. The minimum absolute atomic E-state index is 0. The van der Waals surface area contributed by atoms with Gasteiger partial charge in [-0.1, -0.05) is 26.0 Å². The first-order valence-corrected chi connectivity index (χ1v) is 11.7. The van der Waals surface area contributed by atoms with Gasteiger partial charge in [-0.15, -0.1) is 12.4 Å². The summed E-state index contributed by atoms with van der Waals surface area (Å²) in [6, 6.07) is 5.49. The average molecular weight is 463 g/mol. The lowest BCUT2D eigenvalue weighted by Crippen LogP contribution is -2.42. The molecule has 0 heterocycles. The third kappa shape index (κ3) is 9.64. The minimum atomic E-state index is -0.637. The van der Waals surface area contributed by atoms with Crippen LogP contribution in [0.2, 0.25) is 0 Å². The van der Waals surface area contributed by atoms with Gasteiger partial charge in [0, 0.05) is 17.4 Å². The summed E-state index contributed by atoms with van der Waals surface area (Å²) in [5.74, 6) is 1.00. The van der Waals surface area contributed by atoms with Crippen molar-refractivity contribution in [3.63, 3.8) is 0 Å². The number of hydrogen-bond acceptors (Lipinski definition) is 6. The van der Waals surface area contributed by atoms with Gasteiger partial charge < -0.3 is 15.8 Å². The van der Waals surface area contributed by atoms with Crippen LogP contribution in [0.25, 0.3) is 0 Å². The van der Waals surface area contributed by atoms with Crippen LogP contribution in [-0.4, -0.2) is 48.8 Å². The highest BCUT2D eigenvalue weighted by Crippen LogP contribution is 2.22. The minimum Gasteiger partial charge on any atom is -0.467 e. The van der Waals surface area contributed by atoms with Crippen molar-refractivity contribution in [2.24, 2.45) is 5.73 Å². The normalized spacial score (nSPS) is 12.8.